The highest BCUT2D eigenvalue weighted by Gasteiger charge is 2.34. The molecular formula is C29H25IN4O7. The Hall–Kier alpha value is -4.46. The molecule has 3 aromatic rings. The van der Waals surface area contributed by atoms with Gasteiger partial charge in [-0.25, -0.2) is 5.43 Å². The van der Waals surface area contributed by atoms with Crippen LogP contribution in [0, 0.1) is 3.57 Å². The first-order chi connectivity index (χ1) is 19.8. The average Bonchev–Trinajstić information content (AvgIpc) is 3.52. The Labute approximate surface area is 248 Å². The number of carboxylic acid groups (broad SMARTS) is 1. The van der Waals surface area contributed by atoms with E-state index in [0.29, 0.717) is 40.4 Å². The summed E-state index contributed by atoms with van der Waals surface area (Å²) < 4.78 is 11.6. The van der Waals surface area contributed by atoms with Gasteiger partial charge in [-0.3, -0.25) is 19.2 Å². The number of benzene rings is 3. The minimum Gasteiger partial charge on any atom is -0.481 e. The molecule has 3 aromatic carbocycles. The minimum atomic E-state index is -0.938. The molecule has 0 fully saturated rings. The smallest absolute Gasteiger partial charge is 0.303 e. The number of carbonyl (C=O) groups excluding carboxylic acids is 3. The Bertz CT molecular complexity index is 1560. The van der Waals surface area contributed by atoms with Crippen molar-refractivity contribution in [3.8, 4) is 11.5 Å². The van der Waals surface area contributed by atoms with E-state index in [1.165, 1.54) is 4.90 Å². The largest absolute Gasteiger partial charge is 0.481 e. The number of fused-ring (bicyclic) bond motifs is 2. The number of hydrogen-bond acceptors (Lipinski definition) is 7. The fourth-order valence-corrected chi connectivity index (χ4v) is 4.95. The van der Waals surface area contributed by atoms with Gasteiger partial charge in [0.15, 0.2) is 17.2 Å². The van der Waals surface area contributed by atoms with Crippen LogP contribution in [0.2, 0.25) is 0 Å². The Kier molecular flexibility index (Phi) is 8.47. The number of amides is 3. The second kappa shape index (κ2) is 12.4. The van der Waals surface area contributed by atoms with Crippen LogP contribution in [0.4, 0.5) is 11.4 Å². The van der Waals surface area contributed by atoms with E-state index in [4.69, 9.17) is 14.6 Å². The van der Waals surface area contributed by atoms with Crippen LogP contribution in [-0.2, 0) is 20.8 Å². The summed E-state index contributed by atoms with van der Waals surface area (Å²) >= 11 is 2.12. The molecule has 3 N–H and O–H groups in total. The summed E-state index contributed by atoms with van der Waals surface area (Å²) in [4.78, 5) is 50.7. The van der Waals surface area contributed by atoms with E-state index >= 15 is 0 Å². The number of hydrazone groups is 1. The highest BCUT2D eigenvalue weighted by atomic mass is 127. The van der Waals surface area contributed by atoms with Crippen LogP contribution >= 0.6 is 22.6 Å². The van der Waals surface area contributed by atoms with Crippen molar-refractivity contribution in [2.45, 2.75) is 25.7 Å². The van der Waals surface area contributed by atoms with Gasteiger partial charge in [-0.05, 0) is 95.6 Å². The quantitative estimate of drug-likeness (QED) is 0.219. The number of ether oxygens (including phenoxy) is 2. The zero-order valence-electron chi connectivity index (χ0n) is 21.7. The predicted octanol–water partition coefficient (Wildman–Crippen LogP) is 3.94. The number of aliphatic carboxylic acids is 1. The number of nitrogens with one attached hydrogen (secondary N) is 2. The van der Waals surface area contributed by atoms with E-state index in [0.717, 1.165) is 9.13 Å². The molecule has 0 bridgehead atoms. The third-order valence-corrected chi connectivity index (χ3v) is 7.17. The molecule has 0 saturated heterocycles. The van der Waals surface area contributed by atoms with Crippen LogP contribution in [0.3, 0.4) is 0 Å². The van der Waals surface area contributed by atoms with E-state index < -0.39 is 17.8 Å². The Morgan fingerprint density at radius 2 is 1.76 bits per heavy atom. The highest BCUT2D eigenvalue weighted by molar-refractivity contribution is 14.1. The van der Waals surface area contributed by atoms with Crippen molar-refractivity contribution in [2.24, 2.45) is 5.10 Å². The summed E-state index contributed by atoms with van der Waals surface area (Å²) in [7, 11) is 0. The lowest BCUT2D eigenvalue weighted by atomic mass is 10.1. The first-order valence-corrected chi connectivity index (χ1v) is 13.9. The monoisotopic (exact) mass is 668 g/mol. The summed E-state index contributed by atoms with van der Waals surface area (Å²) in [5.74, 6) is -0.682. The lowest BCUT2D eigenvalue weighted by Gasteiger charge is -2.16. The summed E-state index contributed by atoms with van der Waals surface area (Å²) in [5, 5.41) is 15.9. The molecule has 0 aliphatic carbocycles. The second-order valence-electron chi connectivity index (χ2n) is 9.33. The van der Waals surface area contributed by atoms with Crippen molar-refractivity contribution in [2.75, 3.05) is 23.6 Å². The fraction of sp³-hybridized carbons (Fsp3) is 0.207. The van der Waals surface area contributed by atoms with E-state index in [2.05, 4.69) is 38.4 Å². The van der Waals surface area contributed by atoms with Crippen LogP contribution in [0.5, 0.6) is 11.5 Å². The molecule has 0 atom stereocenters. The zero-order valence-corrected chi connectivity index (χ0v) is 23.8. The van der Waals surface area contributed by atoms with E-state index in [-0.39, 0.29) is 44.2 Å². The highest BCUT2D eigenvalue weighted by Crippen LogP contribution is 2.33. The van der Waals surface area contributed by atoms with E-state index in [9.17, 15) is 19.2 Å². The van der Waals surface area contributed by atoms with Gasteiger partial charge in [-0.1, -0.05) is 6.07 Å². The van der Waals surface area contributed by atoms with Crippen LogP contribution < -0.4 is 25.1 Å². The zero-order chi connectivity index (χ0) is 28.9. The van der Waals surface area contributed by atoms with Crippen LogP contribution in [0.25, 0.3) is 0 Å². The van der Waals surface area contributed by atoms with Crippen LogP contribution in [-0.4, -0.2) is 47.8 Å². The van der Waals surface area contributed by atoms with Crippen LogP contribution in [0.1, 0.15) is 40.7 Å². The Morgan fingerprint density at radius 1 is 0.976 bits per heavy atom. The lowest BCUT2D eigenvalue weighted by Crippen LogP contribution is -2.32. The number of carbonyl (C=O) groups is 4. The maximum atomic E-state index is 13.1. The topological polar surface area (TPSA) is 147 Å². The molecule has 41 heavy (non-hydrogen) atoms. The van der Waals surface area contributed by atoms with Gasteiger partial charge in [0.05, 0.1) is 5.69 Å². The van der Waals surface area contributed by atoms with E-state index in [1.807, 2.05) is 24.3 Å². The third-order valence-electron chi connectivity index (χ3n) is 6.50. The summed E-state index contributed by atoms with van der Waals surface area (Å²) in [6, 6.07) is 17.3. The molecular weight excluding hydrogens is 643 g/mol. The van der Waals surface area contributed by atoms with Gasteiger partial charge in [0, 0.05) is 39.8 Å². The third kappa shape index (κ3) is 6.65. The maximum Gasteiger partial charge on any atom is 0.303 e. The molecule has 0 unspecified atom stereocenters. The fourth-order valence-electron chi connectivity index (χ4n) is 4.46. The first-order valence-electron chi connectivity index (χ1n) is 12.8. The molecule has 0 spiro atoms. The molecule has 11 nitrogen and oxygen atoms in total. The van der Waals surface area contributed by atoms with Crippen molar-refractivity contribution in [1.29, 1.82) is 0 Å². The average molecular weight is 668 g/mol. The number of carboxylic acids is 1. The minimum absolute atomic E-state index is 0.0664. The predicted molar refractivity (Wildman–Crippen MR) is 158 cm³/mol. The van der Waals surface area contributed by atoms with Gasteiger partial charge in [-0.2, -0.15) is 5.10 Å². The Balaban J connectivity index is 1.18. The first kappa shape index (κ1) is 28.1. The van der Waals surface area contributed by atoms with E-state index in [1.54, 1.807) is 36.4 Å². The number of hydrogen-bond donors (Lipinski definition) is 3. The molecule has 2 aliphatic heterocycles. The lowest BCUT2D eigenvalue weighted by molar-refractivity contribution is -0.137. The van der Waals surface area contributed by atoms with Gasteiger partial charge in [0.25, 0.3) is 11.8 Å². The number of anilines is 2. The summed E-state index contributed by atoms with van der Waals surface area (Å²) in [6.45, 7) is 0.413. The second-order valence-corrected chi connectivity index (χ2v) is 10.6. The van der Waals surface area contributed by atoms with Crippen molar-refractivity contribution >= 4 is 63.4 Å². The molecule has 2 heterocycles. The van der Waals surface area contributed by atoms with Gasteiger partial charge >= 0.3 is 5.97 Å². The van der Waals surface area contributed by atoms with Crippen LogP contribution in [0.15, 0.2) is 65.8 Å². The SMILES string of the molecule is O=C(O)CCCN1C(=O)C(=NNC(=O)c2ccc(NC(=O)CCc3ccc4c(c3)OCO4)cc2)c2cc(I)ccc21. The molecule has 0 aromatic heterocycles. The number of halogens is 1. The molecule has 2 aliphatic rings. The molecule has 0 radical (unpaired) electrons. The van der Waals surface area contributed by atoms with Crippen molar-refractivity contribution in [3.63, 3.8) is 0 Å². The molecule has 210 valence electrons. The summed E-state index contributed by atoms with van der Waals surface area (Å²) in [5.41, 5.74) is 5.49. The maximum absolute atomic E-state index is 13.1. The number of aryl methyl sites for hydroxylation is 1. The van der Waals surface area contributed by atoms with Crippen molar-refractivity contribution in [3.05, 3.63) is 80.9 Å². The normalized spacial score (nSPS) is 14.2. The number of nitrogens with zero attached hydrogens (tertiary/aromatic N) is 2. The summed E-state index contributed by atoms with van der Waals surface area (Å²) in [6.07, 6.45) is 1.01. The molecule has 5 rings (SSSR count). The molecule has 0 saturated carbocycles. The molecule has 3 amide bonds. The van der Waals surface area contributed by atoms with Gasteiger partial charge in [0.2, 0.25) is 12.7 Å². The molecule has 12 heteroatoms. The van der Waals surface area contributed by atoms with Crippen molar-refractivity contribution < 1.29 is 33.8 Å². The van der Waals surface area contributed by atoms with Crippen molar-refractivity contribution in [1.82, 2.24) is 5.43 Å². The standard InChI is InChI=1S/C29H25IN4O7/c30-19-7-10-22-21(15-19)27(29(39)34(22)13-1-2-26(36)37)32-33-28(38)18-5-8-20(9-6-18)31-25(35)12-4-17-3-11-23-24(14-17)41-16-40-23/h3,5-11,14-15H,1-2,4,12-13,16H2,(H,31,35)(H,33,38)(H,36,37). The number of rotatable bonds is 10. The van der Waals surface area contributed by atoms with Gasteiger partial charge in [-0.15, -0.1) is 0 Å². The van der Waals surface area contributed by atoms with Gasteiger partial charge in [0.1, 0.15) is 0 Å². The Morgan fingerprint density at radius 3 is 2.54 bits per heavy atom. The van der Waals surface area contributed by atoms with Gasteiger partial charge < -0.3 is 24.8 Å².